The molecule has 0 unspecified atom stereocenters. The van der Waals surface area contributed by atoms with Crippen molar-refractivity contribution in [3.05, 3.63) is 35.7 Å². The van der Waals surface area contributed by atoms with Crippen LogP contribution in [0.2, 0.25) is 0 Å². The van der Waals surface area contributed by atoms with E-state index in [9.17, 15) is 9.59 Å². The summed E-state index contributed by atoms with van der Waals surface area (Å²) in [7, 11) is 0. The predicted molar refractivity (Wildman–Crippen MR) is 96.4 cm³/mol. The molecular formula is C17H24N6O2. The van der Waals surface area contributed by atoms with Crippen LogP contribution in [-0.2, 0) is 13.1 Å². The van der Waals surface area contributed by atoms with E-state index in [2.05, 4.69) is 17.0 Å². The van der Waals surface area contributed by atoms with Gasteiger partial charge in [-0.25, -0.2) is 4.79 Å². The Hall–Kier alpha value is -2.90. The quantitative estimate of drug-likeness (QED) is 0.568. The van der Waals surface area contributed by atoms with E-state index >= 15 is 0 Å². The molecule has 0 bridgehead atoms. The van der Waals surface area contributed by atoms with Crippen LogP contribution in [0, 0.1) is 5.41 Å². The van der Waals surface area contributed by atoms with Gasteiger partial charge in [-0.05, 0) is 26.8 Å². The molecule has 8 nitrogen and oxygen atoms in total. The van der Waals surface area contributed by atoms with E-state index in [0.717, 1.165) is 6.21 Å². The van der Waals surface area contributed by atoms with E-state index in [0.29, 0.717) is 30.1 Å². The zero-order chi connectivity index (χ0) is 18.8. The molecule has 134 valence electrons. The Bertz CT molecular complexity index is 754. The number of carbonyl (C=O) groups is 2. The molecule has 2 rings (SSSR count). The molecule has 4 N–H and O–H groups in total. The Labute approximate surface area is 146 Å². The van der Waals surface area contributed by atoms with Crippen molar-refractivity contribution in [2.45, 2.75) is 39.4 Å². The molecule has 0 saturated carbocycles. The summed E-state index contributed by atoms with van der Waals surface area (Å²) in [4.78, 5) is 26.1. The highest BCUT2D eigenvalue weighted by atomic mass is 16.2. The normalized spacial score (nSPS) is 14.7. The van der Waals surface area contributed by atoms with Gasteiger partial charge in [-0.3, -0.25) is 9.48 Å². The zero-order valence-corrected chi connectivity index (χ0v) is 14.8. The molecule has 1 aliphatic rings. The fourth-order valence-electron chi connectivity index (χ4n) is 2.69. The minimum absolute atomic E-state index is 0.198. The lowest BCUT2D eigenvalue weighted by Crippen LogP contribution is -2.50. The maximum absolute atomic E-state index is 12.4. The van der Waals surface area contributed by atoms with E-state index in [-0.39, 0.29) is 23.7 Å². The van der Waals surface area contributed by atoms with Gasteiger partial charge in [-0.1, -0.05) is 12.7 Å². The number of urea groups is 1. The average Bonchev–Trinajstić information content (AvgIpc) is 2.89. The minimum Gasteiger partial charge on any atom is -0.365 e. The lowest BCUT2D eigenvalue weighted by molar-refractivity contribution is 0.0996. The highest BCUT2D eigenvalue weighted by Crippen LogP contribution is 2.26. The second-order valence-corrected chi connectivity index (χ2v) is 6.85. The van der Waals surface area contributed by atoms with Crippen LogP contribution < -0.4 is 11.1 Å². The zero-order valence-electron chi connectivity index (χ0n) is 14.8. The monoisotopic (exact) mass is 344 g/mol. The molecule has 1 aromatic rings. The number of rotatable bonds is 4. The number of allylic oxidation sites excluding steroid dienone is 3. The number of nitrogens with zero attached hydrogens (tertiary/aromatic N) is 3. The Kier molecular flexibility index (Phi) is 5.10. The summed E-state index contributed by atoms with van der Waals surface area (Å²) in [6.45, 7) is 10.6. The summed E-state index contributed by atoms with van der Waals surface area (Å²) in [5.74, 6) is -0.618. The van der Waals surface area contributed by atoms with Gasteiger partial charge in [0.05, 0.1) is 24.3 Å². The van der Waals surface area contributed by atoms with Gasteiger partial charge in [0, 0.05) is 23.9 Å². The Morgan fingerprint density at radius 2 is 2.04 bits per heavy atom. The predicted octanol–water partition coefficient (Wildman–Crippen LogP) is 1.52. The molecule has 0 aliphatic carbocycles. The molecule has 0 atom stereocenters. The van der Waals surface area contributed by atoms with Crippen LogP contribution in [0.3, 0.4) is 0 Å². The van der Waals surface area contributed by atoms with Crippen LogP contribution in [0.25, 0.3) is 5.57 Å². The first kappa shape index (κ1) is 18.4. The van der Waals surface area contributed by atoms with Gasteiger partial charge in [0.2, 0.25) is 0 Å². The lowest BCUT2D eigenvalue weighted by atomic mass is 10.0. The van der Waals surface area contributed by atoms with E-state index in [1.165, 1.54) is 12.2 Å². The SMILES string of the molecule is C=C/C(=C\C=N)c1nn2c(c1C(N)=O)CN(C(=O)NC(C)(C)C)CC2. The van der Waals surface area contributed by atoms with Crippen LogP contribution in [0.4, 0.5) is 4.79 Å². The van der Waals surface area contributed by atoms with Crippen molar-refractivity contribution >= 4 is 23.7 Å². The number of primary amides is 1. The highest BCUT2D eigenvalue weighted by Gasteiger charge is 2.30. The molecule has 25 heavy (non-hydrogen) atoms. The summed E-state index contributed by atoms with van der Waals surface area (Å²) in [6, 6.07) is -0.198. The highest BCUT2D eigenvalue weighted by molar-refractivity contribution is 6.01. The smallest absolute Gasteiger partial charge is 0.318 e. The van der Waals surface area contributed by atoms with Crippen LogP contribution in [0.5, 0.6) is 0 Å². The molecule has 2 heterocycles. The molecular weight excluding hydrogens is 320 g/mol. The summed E-state index contributed by atoms with van der Waals surface area (Å²) < 4.78 is 1.69. The number of nitrogens with two attached hydrogens (primary N) is 1. The van der Waals surface area contributed by atoms with Gasteiger partial charge < -0.3 is 21.4 Å². The number of hydrogen-bond donors (Lipinski definition) is 3. The molecule has 0 radical (unpaired) electrons. The maximum Gasteiger partial charge on any atom is 0.318 e. The second kappa shape index (κ2) is 6.92. The number of carbonyl (C=O) groups excluding carboxylic acids is 2. The van der Waals surface area contributed by atoms with Crippen molar-refractivity contribution in [3.63, 3.8) is 0 Å². The topological polar surface area (TPSA) is 117 Å². The van der Waals surface area contributed by atoms with Crippen LogP contribution in [0.1, 0.15) is 42.5 Å². The van der Waals surface area contributed by atoms with Gasteiger partial charge in [0.1, 0.15) is 5.69 Å². The van der Waals surface area contributed by atoms with Crippen molar-refractivity contribution in [1.82, 2.24) is 20.0 Å². The summed E-state index contributed by atoms with van der Waals surface area (Å²) in [5.41, 5.74) is 7.00. The van der Waals surface area contributed by atoms with Crippen molar-refractivity contribution in [2.75, 3.05) is 6.54 Å². The third-order valence-electron chi connectivity index (χ3n) is 3.75. The first-order valence-corrected chi connectivity index (χ1v) is 7.98. The van der Waals surface area contributed by atoms with Crippen molar-refractivity contribution < 1.29 is 9.59 Å². The Morgan fingerprint density at radius 3 is 2.56 bits per heavy atom. The molecule has 1 aliphatic heterocycles. The average molecular weight is 344 g/mol. The van der Waals surface area contributed by atoms with E-state index < -0.39 is 5.91 Å². The van der Waals surface area contributed by atoms with Gasteiger partial charge >= 0.3 is 6.03 Å². The fraction of sp³-hybridized carbons (Fsp3) is 0.412. The fourth-order valence-corrected chi connectivity index (χ4v) is 2.69. The number of aromatic nitrogens is 2. The van der Waals surface area contributed by atoms with Crippen LogP contribution in [0.15, 0.2) is 18.7 Å². The van der Waals surface area contributed by atoms with Crippen molar-refractivity contribution in [3.8, 4) is 0 Å². The van der Waals surface area contributed by atoms with Gasteiger partial charge in [-0.2, -0.15) is 5.10 Å². The van der Waals surface area contributed by atoms with Crippen molar-refractivity contribution in [1.29, 1.82) is 5.41 Å². The molecule has 8 heteroatoms. The Balaban J connectivity index is 2.41. The van der Waals surface area contributed by atoms with Crippen molar-refractivity contribution in [2.24, 2.45) is 5.73 Å². The van der Waals surface area contributed by atoms with Crippen LogP contribution in [-0.4, -0.2) is 44.9 Å². The first-order valence-electron chi connectivity index (χ1n) is 7.98. The number of amides is 3. The minimum atomic E-state index is -0.618. The third-order valence-corrected chi connectivity index (χ3v) is 3.75. The number of fused-ring (bicyclic) bond motifs is 1. The molecule has 0 fully saturated rings. The van der Waals surface area contributed by atoms with E-state index in [4.69, 9.17) is 11.1 Å². The maximum atomic E-state index is 12.4. The largest absolute Gasteiger partial charge is 0.365 e. The first-order chi connectivity index (χ1) is 11.7. The molecule has 1 aromatic heterocycles. The lowest BCUT2D eigenvalue weighted by Gasteiger charge is -2.31. The summed E-state index contributed by atoms with van der Waals surface area (Å²) in [6.07, 6.45) is 4.12. The van der Waals surface area contributed by atoms with Gasteiger partial charge in [-0.15, -0.1) is 0 Å². The van der Waals surface area contributed by atoms with E-state index in [1.54, 1.807) is 9.58 Å². The molecule has 0 saturated heterocycles. The summed E-state index contributed by atoms with van der Waals surface area (Å²) >= 11 is 0. The second-order valence-electron chi connectivity index (χ2n) is 6.85. The Morgan fingerprint density at radius 1 is 1.36 bits per heavy atom. The van der Waals surface area contributed by atoms with E-state index in [1.807, 2.05) is 20.8 Å². The van der Waals surface area contributed by atoms with Gasteiger partial charge in [0.15, 0.2) is 0 Å². The van der Waals surface area contributed by atoms with Crippen LogP contribution >= 0.6 is 0 Å². The summed E-state index contributed by atoms with van der Waals surface area (Å²) in [5, 5.41) is 14.6. The standard InChI is InChI=1S/C17H24N6O2/c1-5-11(6-7-18)14-13(15(19)24)12-10-22(8-9-23(12)21-14)16(25)20-17(2,3)4/h5-7,18H,1,8-10H2,2-4H3,(H2,19,24)(H,20,25)/b11-6+,18-7?. The molecule has 0 spiro atoms. The number of hydrogen-bond acceptors (Lipinski definition) is 4. The van der Waals surface area contributed by atoms with Gasteiger partial charge in [0.25, 0.3) is 5.91 Å². The third kappa shape index (κ3) is 3.96. The number of nitrogens with one attached hydrogen (secondary N) is 2. The molecule has 3 amide bonds. The molecule has 0 aromatic carbocycles.